The van der Waals surface area contributed by atoms with Crippen LogP contribution in [0.25, 0.3) is 0 Å². The number of nitrogens with one attached hydrogen (secondary N) is 1. The van der Waals surface area contributed by atoms with Gasteiger partial charge in [0, 0.05) is 11.3 Å². The first-order valence-electron chi connectivity index (χ1n) is 10.6. The van der Waals surface area contributed by atoms with Crippen LogP contribution in [0.15, 0.2) is 48.5 Å². The lowest BCUT2D eigenvalue weighted by Gasteiger charge is -2.35. The van der Waals surface area contributed by atoms with Crippen molar-refractivity contribution < 1.29 is 14.0 Å². The van der Waals surface area contributed by atoms with E-state index in [1.807, 2.05) is 31.2 Å². The molecular weight excluding hydrogens is 399 g/mol. The smallest absolute Gasteiger partial charge is 0.255 e. The molecule has 1 saturated carbocycles. The number of nitrogens with zero attached hydrogens (tertiary/aromatic N) is 1. The molecule has 2 unspecified atom stereocenters. The minimum Gasteiger partial charge on any atom is -0.322 e. The molecule has 2 atom stereocenters. The van der Waals surface area contributed by atoms with Gasteiger partial charge < -0.3 is 10.2 Å². The molecule has 2 aliphatic rings. The van der Waals surface area contributed by atoms with Crippen LogP contribution in [0, 0.1) is 18.7 Å². The number of amides is 2. The van der Waals surface area contributed by atoms with Gasteiger partial charge in [-0.15, -0.1) is 11.8 Å². The first-order valence-corrected chi connectivity index (χ1v) is 11.7. The van der Waals surface area contributed by atoms with Crippen molar-refractivity contribution in [2.75, 3.05) is 11.1 Å². The summed E-state index contributed by atoms with van der Waals surface area (Å²) in [4.78, 5) is 28.5. The van der Waals surface area contributed by atoms with Crippen molar-refractivity contribution in [1.82, 2.24) is 4.90 Å². The molecule has 2 fully saturated rings. The highest BCUT2D eigenvalue weighted by atomic mass is 32.2. The summed E-state index contributed by atoms with van der Waals surface area (Å²) in [6.07, 6.45) is 5.73. The quantitative estimate of drug-likeness (QED) is 0.728. The van der Waals surface area contributed by atoms with Crippen molar-refractivity contribution in [1.29, 1.82) is 0 Å². The number of hydrogen-bond donors (Lipinski definition) is 1. The van der Waals surface area contributed by atoms with E-state index in [1.54, 1.807) is 34.9 Å². The highest BCUT2D eigenvalue weighted by Gasteiger charge is 2.45. The fraction of sp³-hybridized carbons (Fsp3) is 0.417. The van der Waals surface area contributed by atoms with E-state index in [1.165, 1.54) is 25.3 Å². The van der Waals surface area contributed by atoms with Crippen molar-refractivity contribution in [2.45, 2.75) is 50.4 Å². The Kier molecular flexibility index (Phi) is 6.42. The lowest BCUT2D eigenvalue weighted by atomic mass is 9.88. The molecule has 0 radical (unpaired) electrons. The zero-order valence-electron chi connectivity index (χ0n) is 17.1. The fourth-order valence-electron chi connectivity index (χ4n) is 4.50. The second kappa shape index (κ2) is 9.21. The third-order valence-corrected chi connectivity index (χ3v) is 7.59. The van der Waals surface area contributed by atoms with Gasteiger partial charge in [0.05, 0.1) is 11.1 Å². The third-order valence-electron chi connectivity index (χ3n) is 6.13. The van der Waals surface area contributed by atoms with E-state index in [9.17, 15) is 14.0 Å². The highest BCUT2D eigenvalue weighted by molar-refractivity contribution is 8.00. The van der Waals surface area contributed by atoms with E-state index in [2.05, 4.69) is 5.32 Å². The van der Waals surface area contributed by atoms with Crippen LogP contribution in [0.1, 0.15) is 48.0 Å². The van der Waals surface area contributed by atoms with E-state index >= 15 is 0 Å². The zero-order chi connectivity index (χ0) is 21.1. The van der Waals surface area contributed by atoms with Gasteiger partial charge in [-0.3, -0.25) is 9.59 Å². The van der Waals surface area contributed by atoms with Gasteiger partial charge in [0.2, 0.25) is 5.91 Å². The summed E-state index contributed by atoms with van der Waals surface area (Å²) in [6, 6.07) is 13.0. The molecule has 2 aromatic rings. The van der Waals surface area contributed by atoms with Gasteiger partial charge in [-0.1, -0.05) is 49.6 Å². The summed E-state index contributed by atoms with van der Waals surface area (Å²) >= 11 is 1.69. The largest absolute Gasteiger partial charge is 0.322 e. The van der Waals surface area contributed by atoms with Gasteiger partial charge in [-0.05, 0) is 49.4 Å². The number of rotatable bonds is 4. The maximum Gasteiger partial charge on any atom is 0.255 e. The van der Waals surface area contributed by atoms with Crippen molar-refractivity contribution >= 4 is 29.3 Å². The molecule has 4 nitrogen and oxygen atoms in total. The molecule has 6 heteroatoms. The van der Waals surface area contributed by atoms with Gasteiger partial charge in [0.25, 0.3) is 5.91 Å². The Balaban J connectivity index is 1.63. The number of aryl methyl sites for hydroxylation is 1. The van der Waals surface area contributed by atoms with Crippen LogP contribution in [-0.2, 0) is 4.79 Å². The lowest BCUT2D eigenvalue weighted by Crippen LogP contribution is -2.50. The van der Waals surface area contributed by atoms with E-state index in [0.29, 0.717) is 17.2 Å². The van der Waals surface area contributed by atoms with Crippen molar-refractivity contribution in [2.24, 2.45) is 5.92 Å². The molecule has 30 heavy (non-hydrogen) atoms. The minimum absolute atomic E-state index is 0.0197. The van der Waals surface area contributed by atoms with Crippen molar-refractivity contribution in [3.8, 4) is 0 Å². The Morgan fingerprint density at radius 3 is 2.47 bits per heavy atom. The number of para-hydroxylation sites is 1. The Bertz CT molecular complexity index is 929. The third kappa shape index (κ3) is 4.24. The number of benzene rings is 2. The first kappa shape index (κ1) is 20.9. The number of hydrogen-bond acceptors (Lipinski definition) is 3. The average Bonchev–Trinajstić information content (AvgIpc) is 3.21. The number of thioether (sulfide) groups is 1. The number of carbonyl (C=O) groups excluding carboxylic acids is 2. The molecule has 1 saturated heterocycles. The lowest BCUT2D eigenvalue weighted by molar-refractivity contribution is -0.120. The maximum atomic E-state index is 14.1. The molecule has 0 aromatic heterocycles. The number of anilines is 1. The standard InChI is InChI=1S/C24H27FN2O2S/c1-16-9-5-6-12-18(16)23(29)27-21(15-30-24(27)17-10-3-2-4-11-17)22(28)26-20-14-8-7-13-19(20)25/h5-9,12-14,17,21,24H,2-4,10-11,15H2,1H3,(H,26,28). The van der Waals surface area contributed by atoms with E-state index in [-0.39, 0.29) is 22.9 Å². The predicted molar refractivity (Wildman–Crippen MR) is 119 cm³/mol. The molecule has 4 rings (SSSR count). The van der Waals surface area contributed by atoms with Crippen LogP contribution in [0.2, 0.25) is 0 Å². The van der Waals surface area contributed by atoms with Gasteiger partial charge in [0.15, 0.2) is 0 Å². The maximum absolute atomic E-state index is 14.1. The Morgan fingerprint density at radius 1 is 1.03 bits per heavy atom. The van der Waals surface area contributed by atoms with Crippen LogP contribution in [0.4, 0.5) is 10.1 Å². The topological polar surface area (TPSA) is 49.4 Å². The molecule has 0 bridgehead atoms. The molecule has 1 aliphatic heterocycles. The summed E-state index contributed by atoms with van der Waals surface area (Å²) in [5, 5.41) is 2.69. The number of carbonyl (C=O) groups is 2. The summed E-state index contributed by atoms with van der Waals surface area (Å²) in [6.45, 7) is 1.92. The summed E-state index contributed by atoms with van der Waals surface area (Å²) in [7, 11) is 0. The summed E-state index contributed by atoms with van der Waals surface area (Å²) in [5.74, 6) is 0.00861. The SMILES string of the molecule is Cc1ccccc1C(=O)N1C(C(=O)Nc2ccccc2F)CSC1C1CCCCC1. The monoisotopic (exact) mass is 426 g/mol. The number of halogens is 1. The second-order valence-corrected chi connectivity index (χ2v) is 9.28. The Hall–Kier alpha value is -2.34. The Labute approximate surface area is 181 Å². The van der Waals surface area contributed by atoms with Crippen LogP contribution in [0.3, 0.4) is 0 Å². The zero-order valence-corrected chi connectivity index (χ0v) is 18.0. The molecular formula is C24H27FN2O2S. The minimum atomic E-state index is -0.617. The average molecular weight is 427 g/mol. The van der Waals surface area contributed by atoms with Gasteiger partial charge in [-0.25, -0.2) is 4.39 Å². The van der Waals surface area contributed by atoms with Crippen LogP contribution < -0.4 is 5.32 Å². The summed E-state index contributed by atoms with van der Waals surface area (Å²) < 4.78 is 14.1. The molecule has 0 spiro atoms. The van der Waals surface area contributed by atoms with Gasteiger partial charge in [-0.2, -0.15) is 0 Å². The molecule has 1 N–H and O–H groups in total. The van der Waals surface area contributed by atoms with Gasteiger partial charge in [0.1, 0.15) is 11.9 Å². The van der Waals surface area contributed by atoms with Gasteiger partial charge >= 0.3 is 0 Å². The molecule has 158 valence electrons. The first-order chi connectivity index (χ1) is 14.6. The predicted octanol–water partition coefficient (Wildman–Crippen LogP) is 5.24. The summed E-state index contributed by atoms with van der Waals surface area (Å²) in [5.41, 5.74) is 1.68. The van der Waals surface area contributed by atoms with Crippen LogP contribution in [-0.4, -0.2) is 33.9 Å². The highest BCUT2D eigenvalue weighted by Crippen LogP contribution is 2.41. The van der Waals surface area contributed by atoms with Crippen molar-refractivity contribution in [3.63, 3.8) is 0 Å². The van der Waals surface area contributed by atoms with E-state index in [0.717, 1.165) is 18.4 Å². The molecule has 2 amide bonds. The van der Waals surface area contributed by atoms with Crippen molar-refractivity contribution in [3.05, 3.63) is 65.5 Å². The normalized spacial score (nSPS) is 22.1. The Morgan fingerprint density at radius 2 is 1.73 bits per heavy atom. The molecule has 2 aromatic carbocycles. The second-order valence-electron chi connectivity index (χ2n) is 8.13. The van der Waals surface area contributed by atoms with E-state index in [4.69, 9.17) is 0 Å². The van der Waals surface area contributed by atoms with Crippen LogP contribution in [0.5, 0.6) is 0 Å². The van der Waals surface area contributed by atoms with Crippen LogP contribution >= 0.6 is 11.8 Å². The molecule has 1 heterocycles. The fourth-order valence-corrected chi connectivity index (χ4v) is 6.14. The van der Waals surface area contributed by atoms with E-state index < -0.39 is 11.9 Å². The molecule has 1 aliphatic carbocycles.